The van der Waals surface area contributed by atoms with E-state index in [0.29, 0.717) is 0 Å². The van der Waals surface area contributed by atoms with Crippen molar-refractivity contribution in [1.29, 1.82) is 0 Å². The second-order valence-corrected chi connectivity index (χ2v) is 6.54. The third-order valence-electron chi connectivity index (χ3n) is 4.69. The van der Waals surface area contributed by atoms with Gasteiger partial charge in [-0.25, -0.2) is 8.78 Å². The van der Waals surface area contributed by atoms with Crippen molar-refractivity contribution in [1.82, 2.24) is 4.98 Å². The Morgan fingerprint density at radius 3 is 2.26 bits per heavy atom. The Balaban J connectivity index is 1.69. The Kier molecular flexibility index (Phi) is 4.10. The second-order valence-electron chi connectivity index (χ2n) is 6.54. The number of rotatable bonds is 6. The molecule has 1 aliphatic carbocycles. The summed E-state index contributed by atoms with van der Waals surface area (Å²) in [6, 6.07) is 5.81. The third-order valence-corrected chi connectivity index (χ3v) is 4.69. The lowest BCUT2D eigenvalue weighted by atomic mass is 9.99. The number of aromatic amines is 1. The molecule has 0 spiro atoms. The summed E-state index contributed by atoms with van der Waals surface area (Å²) in [5.41, 5.74) is -2.25. The molecular formula is C19H15F2N3O3. The number of halogens is 2. The molecule has 0 bridgehead atoms. The number of nitrogens with one attached hydrogen (secondary N) is 3. The van der Waals surface area contributed by atoms with Gasteiger partial charge in [0.15, 0.2) is 0 Å². The molecule has 6 nitrogen and oxygen atoms in total. The highest BCUT2D eigenvalue weighted by Crippen LogP contribution is 2.44. The van der Waals surface area contributed by atoms with E-state index in [1.54, 1.807) is 6.07 Å². The van der Waals surface area contributed by atoms with Crippen LogP contribution in [0.25, 0.3) is 0 Å². The molecule has 0 amide bonds. The lowest BCUT2D eigenvalue weighted by Gasteiger charge is -2.23. The Bertz CT molecular complexity index is 1120. The number of aromatic nitrogens is 1. The third kappa shape index (κ3) is 3.03. The molecule has 0 aliphatic heterocycles. The number of hydrogen-bond donors (Lipinski definition) is 3. The van der Waals surface area contributed by atoms with E-state index in [1.165, 1.54) is 18.3 Å². The van der Waals surface area contributed by atoms with Crippen LogP contribution < -0.4 is 27.1 Å². The highest BCUT2D eigenvalue weighted by molar-refractivity contribution is 5.78. The second kappa shape index (κ2) is 6.46. The molecule has 0 radical (unpaired) electrons. The SMILES string of the molecule is O=c1[nH]cccc1Nc1c(NC(c2c(F)cccc2F)C2CC2)c(=O)c1=O. The smallest absolute Gasteiger partial charge is 0.271 e. The Morgan fingerprint density at radius 2 is 1.63 bits per heavy atom. The average Bonchev–Trinajstić information content (AvgIpc) is 3.48. The maximum absolute atomic E-state index is 14.2. The van der Waals surface area contributed by atoms with Gasteiger partial charge < -0.3 is 15.6 Å². The van der Waals surface area contributed by atoms with Crippen LogP contribution in [0.3, 0.4) is 0 Å². The van der Waals surface area contributed by atoms with Crippen LogP contribution in [0.15, 0.2) is 50.9 Å². The summed E-state index contributed by atoms with van der Waals surface area (Å²) >= 11 is 0. The maximum atomic E-state index is 14.2. The Labute approximate surface area is 151 Å². The zero-order valence-corrected chi connectivity index (χ0v) is 14.0. The summed E-state index contributed by atoms with van der Waals surface area (Å²) in [7, 11) is 0. The van der Waals surface area contributed by atoms with Gasteiger partial charge in [-0.15, -0.1) is 0 Å². The van der Waals surface area contributed by atoms with Crippen LogP contribution in [0.4, 0.5) is 25.8 Å². The van der Waals surface area contributed by atoms with Crippen LogP contribution in [0.1, 0.15) is 24.4 Å². The van der Waals surface area contributed by atoms with E-state index in [2.05, 4.69) is 15.6 Å². The summed E-state index contributed by atoms with van der Waals surface area (Å²) in [4.78, 5) is 38.2. The molecule has 1 unspecified atom stereocenters. The maximum Gasteiger partial charge on any atom is 0.271 e. The molecule has 27 heavy (non-hydrogen) atoms. The van der Waals surface area contributed by atoms with Crippen molar-refractivity contribution >= 4 is 17.1 Å². The summed E-state index contributed by atoms with van der Waals surface area (Å²) in [6.07, 6.45) is 2.93. The predicted octanol–water partition coefficient (Wildman–Crippen LogP) is 2.56. The topological polar surface area (TPSA) is 91.1 Å². The highest BCUT2D eigenvalue weighted by atomic mass is 19.1. The van der Waals surface area contributed by atoms with Crippen LogP contribution in [0.5, 0.6) is 0 Å². The van der Waals surface area contributed by atoms with Crippen LogP contribution in [0.2, 0.25) is 0 Å². The summed E-state index contributed by atoms with van der Waals surface area (Å²) in [6.45, 7) is 0. The van der Waals surface area contributed by atoms with Crippen molar-refractivity contribution in [2.24, 2.45) is 5.92 Å². The first-order valence-electron chi connectivity index (χ1n) is 8.46. The van der Waals surface area contributed by atoms with Gasteiger partial charge in [0.25, 0.3) is 16.4 Å². The first-order chi connectivity index (χ1) is 13.0. The molecule has 3 N–H and O–H groups in total. The number of pyridine rings is 1. The van der Waals surface area contributed by atoms with E-state index >= 15 is 0 Å². The van der Waals surface area contributed by atoms with Gasteiger partial charge in [0.2, 0.25) is 0 Å². The molecule has 3 aromatic rings. The fraction of sp³-hybridized carbons (Fsp3) is 0.211. The van der Waals surface area contributed by atoms with Crippen molar-refractivity contribution in [3.8, 4) is 0 Å². The van der Waals surface area contributed by atoms with Gasteiger partial charge in [-0.3, -0.25) is 14.4 Å². The van der Waals surface area contributed by atoms with Gasteiger partial charge >= 0.3 is 0 Å². The fourth-order valence-corrected chi connectivity index (χ4v) is 3.12. The van der Waals surface area contributed by atoms with Crippen molar-refractivity contribution in [3.63, 3.8) is 0 Å². The summed E-state index contributed by atoms with van der Waals surface area (Å²) < 4.78 is 28.4. The molecular weight excluding hydrogens is 356 g/mol. The predicted molar refractivity (Wildman–Crippen MR) is 97.1 cm³/mol. The first kappa shape index (κ1) is 17.1. The minimum absolute atomic E-state index is 0.0474. The van der Waals surface area contributed by atoms with E-state index in [4.69, 9.17) is 0 Å². The van der Waals surface area contributed by atoms with E-state index < -0.39 is 34.1 Å². The molecule has 2 aromatic carbocycles. The number of benzene rings is 1. The van der Waals surface area contributed by atoms with Crippen LogP contribution >= 0.6 is 0 Å². The van der Waals surface area contributed by atoms with E-state index in [1.807, 2.05) is 0 Å². The summed E-state index contributed by atoms with van der Waals surface area (Å²) in [5.74, 6) is -1.48. The molecule has 1 aromatic heterocycles. The van der Waals surface area contributed by atoms with Gasteiger partial charge in [0.05, 0.1) is 6.04 Å². The highest BCUT2D eigenvalue weighted by Gasteiger charge is 2.37. The first-order valence-corrected chi connectivity index (χ1v) is 8.46. The monoisotopic (exact) mass is 371 g/mol. The quantitative estimate of drug-likeness (QED) is 0.580. The number of H-pyrrole nitrogens is 1. The van der Waals surface area contributed by atoms with Gasteiger partial charge in [0.1, 0.15) is 28.7 Å². The summed E-state index contributed by atoms with van der Waals surface area (Å²) in [5, 5.41) is 5.48. The Hall–Kier alpha value is -3.29. The van der Waals surface area contributed by atoms with Gasteiger partial charge in [-0.1, -0.05) is 6.07 Å². The molecule has 1 saturated carbocycles. The molecule has 1 fully saturated rings. The van der Waals surface area contributed by atoms with Crippen LogP contribution in [-0.2, 0) is 0 Å². The minimum atomic E-state index is -0.788. The lowest BCUT2D eigenvalue weighted by molar-refractivity contribution is 0.518. The lowest BCUT2D eigenvalue weighted by Crippen LogP contribution is -2.38. The normalized spacial score (nSPS) is 14.9. The van der Waals surface area contributed by atoms with Crippen molar-refractivity contribution in [3.05, 3.63) is 84.5 Å². The fourth-order valence-electron chi connectivity index (χ4n) is 3.12. The molecule has 8 heteroatoms. The van der Waals surface area contributed by atoms with Crippen molar-refractivity contribution < 1.29 is 8.78 Å². The molecule has 138 valence electrons. The molecule has 1 heterocycles. The Morgan fingerprint density at radius 1 is 0.963 bits per heavy atom. The number of hydrogen-bond acceptors (Lipinski definition) is 5. The van der Waals surface area contributed by atoms with E-state index in [-0.39, 0.29) is 28.5 Å². The largest absolute Gasteiger partial charge is 0.373 e. The van der Waals surface area contributed by atoms with Crippen LogP contribution in [-0.4, -0.2) is 4.98 Å². The molecule has 4 rings (SSSR count). The zero-order valence-electron chi connectivity index (χ0n) is 14.0. The van der Waals surface area contributed by atoms with Crippen molar-refractivity contribution in [2.75, 3.05) is 10.6 Å². The van der Waals surface area contributed by atoms with E-state index in [9.17, 15) is 23.2 Å². The average molecular weight is 371 g/mol. The molecule has 1 atom stereocenters. The van der Waals surface area contributed by atoms with Gasteiger partial charge in [-0.2, -0.15) is 0 Å². The zero-order chi connectivity index (χ0) is 19.1. The standard InChI is InChI=1S/C19H15F2N3O3/c20-10-3-1-4-11(21)13(10)14(9-6-7-9)24-16-15(17(25)18(16)26)23-12-5-2-8-22-19(12)27/h1-5,8-9,14,23-24H,6-7H2,(H,22,27). The number of anilines is 3. The van der Waals surface area contributed by atoms with Gasteiger partial charge in [-0.05, 0) is 43.0 Å². The van der Waals surface area contributed by atoms with Gasteiger partial charge in [0, 0.05) is 11.8 Å². The van der Waals surface area contributed by atoms with Crippen LogP contribution in [0, 0.1) is 17.6 Å². The molecule has 0 saturated heterocycles. The van der Waals surface area contributed by atoms with E-state index in [0.717, 1.165) is 25.0 Å². The van der Waals surface area contributed by atoms with Crippen molar-refractivity contribution in [2.45, 2.75) is 18.9 Å². The minimum Gasteiger partial charge on any atom is -0.373 e. The molecule has 1 aliphatic rings.